The number of pyridine rings is 1. The van der Waals surface area contributed by atoms with Crippen LogP contribution >= 0.6 is 24.8 Å². The molecule has 2 aliphatic rings. The topological polar surface area (TPSA) is 46.5 Å². The summed E-state index contributed by atoms with van der Waals surface area (Å²) in [5, 5.41) is 3.48. The van der Waals surface area contributed by atoms with E-state index in [1.54, 1.807) is 19.2 Å². The fourth-order valence-corrected chi connectivity index (χ4v) is 4.50. The molecule has 3 heterocycles. The number of nitrogens with zero attached hydrogens (tertiary/aromatic N) is 2. The zero-order valence-corrected chi connectivity index (χ0v) is 18.8. The van der Waals surface area contributed by atoms with Crippen LogP contribution in [-0.2, 0) is 24.4 Å². The second-order valence-corrected chi connectivity index (χ2v) is 7.95. The first-order valence-corrected chi connectivity index (χ1v) is 10.0. The molecule has 2 aliphatic heterocycles. The number of benzene rings is 1. The van der Waals surface area contributed by atoms with E-state index in [1.807, 2.05) is 16.7 Å². The number of halogens is 3. The lowest BCUT2D eigenvalue weighted by Gasteiger charge is -2.37. The third kappa shape index (κ3) is 5.42. The van der Waals surface area contributed by atoms with Gasteiger partial charge in [0.05, 0.1) is 6.61 Å². The van der Waals surface area contributed by atoms with Gasteiger partial charge in [0.2, 0.25) is 0 Å². The van der Waals surface area contributed by atoms with E-state index in [1.165, 1.54) is 12.5 Å². The molecule has 1 saturated heterocycles. The van der Waals surface area contributed by atoms with E-state index in [0.29, 0.717) is 43.6 Å². The Kier molecular flexibility index (Phi) is 9.31. The number of ether oxygens (including phenoxy) is 1. The van der Waals surface area contributed by atoms with Gasteiger partial charge in [-0.05, 0) is 31.0 Å². The summed E-state index contributed by atoms with van der Waals surface area (Å²) in [5.74, 6) is 0.742. The quantitative estimate of drug-likeness (QED) is 0.693. The van der Waals surface area contributed by atoms with Crippen molar-refractivity contribution in [1.29, 1.82) is 0 Å². The van der Waals surface area contributed by atoms with Crippen molar-refractivity contribution in [2.75, 3.05) is 33.4 Å². The molecule has 0 spiro atoms. The highest BCUT2D eigenvalue weighted by Crippen LogP contribution is 2.31. The van der Waals surface area contributed by atoms with Crippen LogP contribution in [0.15, 0.2) is 41.2 Å². The molecule has 30 heavy (non-hydrogen) atoms. The molecule has 4 rings (SSSR count). The SMILES string of the molecule is COCCN(Cc1ccccc1F)Cc1ccc2n(c1=O)C[C@@H]1CNC[C@H]2C1.Cl.Cl. The minimum atomic E-state index is -0.215. The minimum absolute atomic E-state index is 0. The van der Waals surface area contributed by atoms with Crippen LogP contribution in [-0.4, -0.2) is 42.8 Å². The Hall–Kier alpha value is -1.44. The van der Waals surface area contributed by atoms with E-state index in [9.17, 15) is 9.18 Å². The van der Waals surface area contributed by atoms with Gasteiger partial charge in [-0.15, -0.1) is 24.8 Å². The molecule has 0 unspecified atom stereocenters. The predicted octanol–water partition coefficient (Wildman–Crippen LogP) is 3.19. The van der Waals surface area contributed by atoms with Crippen molar-refractivity contribution >= 4 is 24.8 Å². The number of rotatable bonds is 7. The summed E-state index contributed by atoms with van der Waals surface area (Å²) < 4.78 is 21.3. The van der Waals surface area contributed by atoms with E-state index in [0.717, 1.165) is 30.9 Å². The molecule has 0 radical (unpaired) electrons. The highest BCUT2D eigenvalue weighted by Gasteiger charge is 2.31. The summed E-state index contributed by atoms with van der Waals surface area (Å²) in [6.07, 6.45) is 1.17. The van der Waals surface area contributed by atoms with Gasteiger partial charge in [-0.3, -0.25) is 9.69 Å². The van der Waals surface area contributed by atoms with E-state index < -0.39 is 0 Å². The maximum absolute atomic E-state index is 14.1. The van der Waals surface area contributed by atoms with Crippen LogP contribution in [0.3, 0.4) is 0 Å². The molecule has 2 atom stereocenters. The van der Waals surface area contributed by atoms with E-state index in [4.69, 9.17) is 4.74 Å². The second-order valence-electron chi connectivity index (χ2n) is 7.95. The lowest BCUT2D eigenvalue weighted by molar-refractivity contribution is 0.138. The van der Waals surface area contributed by atoms with Crippen LogP contribution in [0, 0.1) is 11.7 Å². The molecule has 0 saturated carbocycles. The maximum atomic E-state index is 14.1. The molecule has 8 heteroatoms. The lowest BCUT2D eigenvalue weighted by Crippen LogP contribution is -2.45. The maximum Gasteiger partial charge on any atom is 0.255 e. The molecule has 1 aromatic heterocycles. The molecule has 0 aliphatic carbocycles. The van der Waals surface area contributed by atoms with Crippen molar-refractivity contribution < 1.29 is 9.13 Å². The van der Waals surface area contributed by atoms with Gasteiger partial charge in [-0.1, -0.05) is 24.3 Å². The molecular weight excluding hydrogens is 428 g/mol. The van der Waals surface area contributed by atoms with Crippen LogP contribution in [0.4, 0.5) is 4.39 Å². The highest BCUT2D eigenvalue weighted by molar-refractivity contribution is 5.85. The molecule has 1 fully saturated rings. The molecule has 1 N–H and O–H groups in total. The summed E-state index contributed by atoms with van der Waals surface area (Å²) in [6.45, 7) is 4.84. The van der Waals surface area contributed by atoms with Crippen molar-refractivity contribution in [2.45, 2.75) is 32.0 Å². The monoisotopic (exact) mass is 457 g/mol. The molecule has 2 bridgehead atoms. The number of fused-ring (bicyclic) bond motifs is 4. The molecule has 0 amide bonds. The van der Waals surface area contributed by atoms with Gasteiger partial charge in [0.1, 0.15) is 5.82 Å². The fourth-order valence-electron chi connectivity index (χ4n) is 4.50. The largest absolute Gasteiger partial charge is 0.383 e. The number of nitrogens with one attached hydrogen (secondary N) is 1. The Bertz CT molecular complexity index is 893. The fraction of sp³-hybridized carbons (Fsp3) is 0.500. The number of piperidine rings is 1. The van der Waals surface area contributed by atoms with Crippen LogP contribution in [0.25, 0.3) is 0 Å². The standard InChI is InChI=1S/C22H28FN3O2.2ClH/c1-28-9-8-25(14-17-4-2-3-5-20(17)23)15-18-6-7-21-19-10-16(11-24-12-19)13-26(21)22(18)27;;/h2-7,16,19,24H,8-15H2,1H3;2*1H/t16-,19+;;/m0../s1. The zero-order valence-electron chi connectivity index (χ0n) is 17.2. The summed E-state index contributed by atoms with van der Waals surface area (Å²) in [5.41, 5.74) is 2.65. The molecular formula is C22H30Cl2FN3O2. The smallest absolute Gasteiger partial charge is 0.255 e. The first kappa shape index (κ1) is 24.8. The van der Waals surface area contributed by atoms with Gasteiger partial charge in [-0.2, -0.15) is 0 Å². The van der Waals surface area contributed by atoms with Gasteiger partial charge in [-0.25, -0.2) is 4.39 Å². The molecule has 1 aromatic carbocycles. The summed E-state index contributed by atoms with van der Waals surface area (Å²) in [4.78, 5) is 15.3. The Morgan fingerprint density at radius 3 is 2.67 bits per heavy atom. The van der Waals surface area contributed by atoms with Gasteiger partial charge in [0.15, 0.2) is 0 Å². The number of hydrogen-bond acceptors (Lipinski definition) is 4. The van der Waals surface area contributed by atoms with Crippen molar-refractivity contribution in [3.63, 3.8) is 0 Å². The van der Waals surface area contributed by atoms with Gasteiger partial charge >= 0.3 is 0 Å². The molecule has 2 aromatic rings. The normalized spacial score (nSPS) is 19.6. The first-order chi connectivity index (χ1) is 13.7. The second kappa shape index (κ2) is 11.3. The van der Waals surface area contributed by atoms with Crippen LogP contribution in [0.5, 0.6) is 0 Å². The Morgan fingerprint density at radius 1 is 1.13 bits per heavy atom. The Labute approximate surface area is 189 Å². The first-order valence-electron chi connectivity index (χ1n) is 10.0. The lowest BCUT2D eigenvalue weighted by atomic mass is 9.84. The van der Waals surface area contributed by atoms with Gasteiger partial charge in [0, 0.05) is 62.6 Å². The van der Waals surface area contributed by atoms with Gasteiger partial charge < -0.3 is 14.6 Å². The van der Waals surface area contributed by atoms with Crippen molar-refractivity contribution in [2.24, 2.45) is 5.92 Å². The van der Waals surface area contributed by atoms with Crippen LogP contribution in [0.1, 0.15) is 29.2 Å². The van der Waals surface area contributed by atoms with Crippen molar-refractivity contribution in [3.8, 4) is 0 Å². The zero-order chi connectivity index (χ0) is 19.5. The number of aromatic nitrogens is 1. The summed E-state index contributed by atoms with van der Waals surface area (Å²) >= 11 is 0. The van der Waals surface area contributed by atoms with Crippen molar-refractivity contribution in [1.82, 2.24) is 14.8 Å². The van der Waals surface area contributed by atoms with E-state index in [2.05, 4.69) is 16.3 Å². The third-order valence-corrected chi connectivity index (χ3v) is 5.94. The molecule has 166 valence electrons. The molecule has 5 nitrogen and oxygen atoms in total. The third-order valence-electron chi connectivity index (χ3n) is 5.94. The predicted molar refractivity (Wildman–Crippen MR) is 121 cm³/mol. The average molecular weight is 458 g/mol. The minimum Gasteiger partial charge on any atom is -0.383 e. The average Bonchev–Trinajstić information content (AvgIpc) is 2.70. The van der Waals surface area contributed by atoms with Crippen molar-refractivity contribution in [3.05, 3.63) is 69.4 Å². The Balaban J connectivity index is 0.00000160. The van der Waals surface area contributed by atoms with E-state index in [-0.39, 0.29) is 36.2 Å². The van der Waals surface area contributed by atoms with Crippen LogP contribution < -0.4 is 10.9 Å². The Morgan fingerprint density at radius 2 is 1.90 bits per heavy atom. The van der Waals surface area contributed by atoms with Gasteiger partial charge in [0.25, 0.3) is 5.56 Å². The number of methoxy groups -OCH3 is 1. The highest BCUT2D eigenvalue weighted by atomic mass is 35.5. The summed E-state index contributed by atoms with van der Waals surface area (Å²) in [6, 6.07) is 10.9. The summed E-state index contributed by atoms with van der Waals surface area (Å²) in [7, 11) is 1.65. The number of hydrogen-bond donors (Lipinski definition) is 1. The van der Waals surface area contributed by atoms with E-state index >= 15 is 0 Å². The van der Waals surface area contributed by atoms with Crippen LogP contribution in [0.2, 0.25) is 0 Å².